The van der Waals surface area contributed by atoms with Crippen molar-refractivity contribution in [1.82, 2.24) is 30.2 Å². The van der Waals surface area contributed by atoms with E-state index >= 15 is 0 Å². The van der Waals surface area contributed by atoms with Crippen LogP contribution in [0.3, 0.4) is 0 Å². The van der Waals surface area contributed by atoms with Crippen molar-refractivity contribution in [3.63, 3.8) is 0 Å². The van der Waals surface area contributed by atoms with Gasteiger partial charge in [-0.1, -0.05) is 24.3 Å². The van der Waals surface area contributed by atoms with Crippen LogP contribution in [0.25, 0.3) is 0 Å². The van der Waals surface area contributed by atoms with Gasteiger partial charge in [0, 0.05) is 94.2 Å². The Bertz CT molecular complexity index is 2110. The first kappa shape index (κ1) is 46.7. The van der Waals surface area contributed by atoms with E-state index in [1.807, 2.05) is 13.0 Å². The first-order valence-corrected chi connectivity index (χ1v) is 22.3. The summed E-state index contributed by atoms with van der Waals surface area (Å²) in [6, 6.07) is 18.3. The average Bonchev–Trinajstić information content (AvgIpc) is 3.82. The Hall–Kier alpha value is -5.30. The van der Waals surface area contributed by atoms with Crippen molar-refractivity contribution in [2.24, 2.45) is 0 Å². The second kappa shape index (κ2) is 22.1. The Morgan fingerprint density at radius 1 is 0.828 bits per heavy atom. The van der Waals surface area contributed by atoms with Gasteiger partial charge in [-0.25, -0.2) is 4.39 Å². The number of likely N-dealkylation sites (N-methyl/N-ethyl adjacent to an activating group) is 1. The number of piperidine rings is 1. The number of rotatable bonds is 21. The van der Waals surface area contributed by atoms with E-state index in [0.717, 1.165) is 61.8 Å². The molecule has 64 heavy (non-hydrogen) atoms. The summed E-state index contributed by atoms with van der Waals surface area (Å²) in [6.45, 7) is 12.1. The van der Waals surface area contributed by atoms with Crippen LogP contribution in [0.1, 0.15) is 56.2 Å². The zero-order valence-corrected chi connectivity index (χ0v) is 37.1. The number of ether oxygens (including phenoxy) is 3. The van der Waals surface area contributed by atoms with Crippen LogP contribution in [0.4, 0.5) is 15.8 Å². The minimum atomic E-state index is -1.04. The number of carbonyl (C=O) groups excluding carboxylic acids is 5. The van der Waals surface area contributed by atoms with Gasteiger partial charge in [-0.2, -0.15) is 0 Å². The maximum Gasteiger partial charge on any atom is 0.262 e. The van der Waals surface area contributed by atoms with E-state index in [0.29, 0.717) is 70.4 Å². The number of fused-ring (bicyclic) bond motifs is 1. The van der Waals surface area contributed by atoms with Crippen molar-refractivity contribution >= 4 is 40.9 Å². The molecule has 4 aliphatic heterocycles. The van der Waals surface area contributed by atoms with Gasteiger partial charge in [0.25, 0.3) is 11.8 Å². The highest BCUT2D eigenvalue weighted by Gasteiger charge is 2.44. The molecule has 16 nitrogen and oxygen atoms in total. The van der Waals surface area contributed by atoms with Crippen molar-refractivity contribution in [1.29, 1.82) is 0 Å². The number of imide groups is 2. The van der Waals surface area contributed by atoms with Gasteiger partial charge >= 0.3 is 0 Å². The van der Waals surface area contributed by atoms with E-state index in [-0.39, 0.29) is 42.2 Å². The highest BCUT2D eigenvalue weighted by atomic mass is 19.1. The fourth-order valence-corrected chi connectivity index (χ4v) is 8.92. The van der Waals surface area contributed by atoms with Crippen LogP contribution in [-0.4, -0.2) is 174 Å². The van der Waals surface area contributed by atoms with Gasteiger partial charge in [-0.3, -0.25) is 44.0 Å². The van der Waals surface area contributed by atoms with Gasteiger partial charge < -0.3 is 34.6 Å². The molecule has 3 saturated heterocycles. The molecule has 3 fully saturated rings. The summed E-state index contributed by atoms with van der Waals surface area (Å²) in [7, 11) is 4.28. The second-order valence-electron chi connectivity index (χ2n) is 17.0. The lowest BCUT2D eigenvalue weighted by Gasteiger charge is -2.36. The van der Waals surface area contributed by atoms with E-state index in [2.05, 4.69) is 73.9 Å². The topological polar surface area (TPSA) is 165 Å². The van der Waals surface area contributed by atoms with Crippen molar-refractivity contribution in [3.05, 3.63) is 94.3 Å². The van der Waals surface area contributed by atoms with Crippen molar-refractivity contribution in [2.45, 2.75) is 44.3 Å². The maximum absolute atomic E-state index is 14.6. The molecule has 3 aromatic rings. The molecule has 3 aromatic carbocycles. The summed E-state index contributed by atoms with van der Waals surface area (Å²) in [5.41, 5.74) is 5.14. The summed E-state index contributed by atoms with van der Waals surface area (Å²) < 4.78 is 31.6. The van der Waals surface area contributed by atoms with Gasteiger partial charge in [0.15, 0.2) is 0 Å². The van der Waals surface area contributed by atoms with Gasteiger partial charge in [0.2, 0.25) is 17.7 Å². The third-order valence-electron chi connectivity index (χ3n) is 12.6. The van der Waals surface area contributed by atoms with Crippen LogP contribution in [0.5, 0.6) is 0 Å². The number of aryl methyl sites for hydroxylation is 1. The third kappa shape index (κ3) is 11.7. The van der Waals surface area contributed by atoms with Crippen LogP contribution in [0.2, 0.25) is 0 Å². The fourth-order valence-electron chi connectivity index (χ4n) is 8.92. The van der Waals surface area contributed by atoms with Gasteiger partial charge in [0.1, 0.15) is 11.9 Å². The molecule has 4 heterocycles. The number of amides is 5. The Morgan fingerprint density at radius 2 is 1.53 bits per heavy atom. The quantitative estimate of drug-likeness (QED) is 0.106. The lowest BCUT2D eigenvalue weighted by molar-refractivity contribution is -0.136. The molecule has 17 heteroatoms. The monoisotopic (exact) mass is 884 g/mol. The fraction of sp³-hybridized carbons (Fsp3) is 0.511. The molecule has 4 aliphatic rings. The number of anilines is 2. The highest BCUT2D eigenvalue weighted by molar-refractivity contribution is 6.23. The standard InChI is InChI=1S/C47H61FN8O8/c1-32-5-4-6-40(48)38(32)29-54-30-39(42(31-54)52(2)3)33-7-10-35(11-8-33)55-18-16-53(17-19-55)20-22-63-24-26-64-25-23-62-21-15-49-44(58)28-50-34-9-12-36-37(27-34)47(61)56(46(36)60)41-13-14-43(57)51-45(41)59/h4-12,27,39,41-42,50H,13-26,28-31H2,1-3H3,(H,49,58)(H,51,57,59)/t39-,41?,42+/m1/s1. The number of likely N-dealkylation sites (tertiary alicyclic amines) is 1. The Labute approximate surface area is 374 Å². The van der Waals surface area contributed by atoms with Crippen molar-refractivity contribution in [3.8, 4) is 0 Å². The van der Waals surface area contributed by atoms with Gasteiger partial charge in [0.05, 0.1) is 57.3 Å². The predicted molar refractivity (Wildman–Crippen MR) is 239 cm³/mol. The number of halogens is 1. The maximum atomic E-state index is 14.6. The second-order valence-corrected chi connectivity index (χ2v) is 17.0. The molecule has 1 unspecified atom stereocenters. The number of hydrogen-bond acceptors (Lipinski definition) is 13. The number of nitrogens with one attached hydrogen (secondary N) is 3. The van der Waals surface area contributed by atoms with Crippen LogP contribution < -0.4 is 20.9 Å². The summed E-state index contributed by atoms with van der Waals surface area (Å²) in [6.07, 6.45) is 0.121. The summed E-state index contributed by atoms with van der Waals surface area (Å²) in [4.78, 5) is 72.6. The van der Waals surface area contributed by atoms with Crippen LogP contribution in [-0.2, 0) is 35.1 Å². The zero-order valence-electron chi connectivity index (χ0n) is 37.1. The summed E-state index contributed by atoms with van der Waals surface area (Å²) in [5.74, 6) is -2.35. The van der Waals surface area contributed by atoms with E-state index in [1.54, 1.807) is 18.2 Å². The molecular formula is C47H61FN8O8. The minimum absolute atomic E-state index is 0.0437. The zero-order chi connectivity index (χ0) is 45.2. The lowest BCUT2D eigenvalue weighted by Crippen LogP contribution is -2.54. The average molecular weight is 885 g/mol. The summed E-state index contributed by atoms with van der Waals surface area (Å²) in [5, 5.41) is 7.89. The van der Waals surface area contributed by atoms with Gasteiger partial charge in [-0.15, -0.1) is 0 Å². The first-order valence-electron chi connectivity index (χ1n) is 22.3. The molecule has 3 N–H and O–H groups in total. The minimum Gasteiger partial charge on any atom is -0.378 e. The predicted octanol–water partition coefficient (Wildman–Crippen LogP) is 2.47. The molecule has 0 aliphatic carbocycles. The molecule has 344 valence electrons. The Kier molecular flexibility index (Phi) is 16.1. The van der Waals surface area contributed by atoms with Crippen LogP contribution in [0, 0.1) is 12.7 Å². The molecule has 0 spiro atoms. The van der Waals surface area contributed by atoms with Crippen molar-refractivity contribution in [2.75, 3.05) is 123 Å². The van der Waals surface area contributed by atoms with E-state index in [9.17, 15) is 28.4 Å². The molecule has 0 saturated carbocycles. The molecule has 0 radical (unpaired) electrons. The first-order chi connectivity index (χ1) is 31.0. The van der Waals surface area contributed by atoms with Crippen LogP contribution >= 0.6 is 0 Å². The van der Waals surface area contributed by atoms with Crippen LogP contribution in [0.15, 0.2) is 60.7 Å². The largest absolute Gasteiger partial charge is 0.378 e. The van der Waals surface area contributed by atoms with E-state index < -0.39 is 29.7 Å². The molecule has 3 atom stereocenters. The lowest BCUT2D eigenvalue weighted by atomic mass is 9.93. The third-order valence-corrected chi connectivity index (χ3v) is 12.6. The number of piperazine rings is 1. The van der Waals surface area contributed by atoms with E-state index in [4.69, 9.17) is 14.2 Å². The SMILES string of the molecule is Cc1cccc(F)c1CN1C[C@H](c2ccc(N3CCN(CCOCCOCCOCCNC(=O)CNc4ccc5c(c4)C(=O)N(C4CCC(=O)NC4=O)C5=O)CC3)cc2)[C@@H](N(C)C)C1. The van der Waals surface area contributed by atoms with Crippen molar-refractivity contribution < 1.29 is 42.6 Å². The molecule has 0 bridgehead atoms. The number of hydrogen-bond donors (Lipinski definition) is 3. The number of benzene rings is 3. The van der Waals surface area contributed by atoms with E-state index in [1.165, 1.54) is 23.4 Å². The Morgan fingerprint density at radius 3 is 2.23 bits per heavy atom. The smallest absolute Gasteiger partial charge is 0.262 e. The molecular weight excluding hydrogens is 824 g/mol. The molecule has 0 aromatic heterocycles. The number of carbonyl (C=O) groups is 5. The Balaban J connectivity index is 0.695. The highest BCUT2D eigenvalue weighted by Crippen LogP contribution is 2.34. The van der Waals surface area contributed by atoms with Gasteiger partial charge in [-0.05, 0) is 75.0 Å². The number of nitrogens with zero attached hydrogens (tertiary/aromatic N) is 5. The normalized spacial score (nSPS) is 20.6. The molecule has 5 amide bonds. The molecule has 7 rings (SSSR count). The summed E-state index contributed by atoms with van der Waals surface area (Å²) >= 11 is 0.